The van der Waals surface area contributed by atoms with Gasteiger partial charge in [-0.3, -0.25) is 0 Å². The fraction of sp³-hybridized carbons (Fsp3) is 1.00. The van der Waals surface area contributed by atoms with Crippen molar-refractivity contribution in [2.75, 3.05) is 18.2 Å². The summed E-state index contributed by atoms with van der Waals surface area (Å²) in [5.41, 5.74) is 0. The average molecular weight is 90.2 g/mol. The molecule has 0 aromatic heterocycles. The van der Waals surface area contributed by atoms with Crippen molar-refractivity contribution in [2.45, 2.75) is 0 Å². The van der Waals surface area contributed by atoms with Crippen LogP contribution in [0.2, 0.25) is 0 Å². The first-order valence-electron chi connectivity index (χ1n) is 1.89. The van der Waals surface area contributed by atoms with E-state index >= 15 is 0 Å². The summed E-state index contributed by atoms with van der Waals surface area (Å²) in [5.74, 6) is 2.65. The first-order valence-corrected chi connectivity index (χ1v) is 3.05. The molecule has 0 bridgehead atoms. The second-order valence-corrected chi connectivity index (χ2v) is 2.30. The number of thioether (sulfide) groups is 1. The van der Waals surface area contributed by atoms with Crippen LogP contribution in [-0.2, 0) is 0 Å². The van der Waals surface area contributed by atoms with Crippen molar-refractivity contribution in [2.24, 2.45) is 0 Å². The Morgan fingerprint density at radius 2 is 2.60 bits per heavy atom. The van der Waals surface area contributed by atoms with Crippen LogP contribution in [0.15, 0.2) is 0 Å². The second-order valence-electron chi connectivity index (χ2n) is 1.15. The van der Waals surface area contributed by atoms with E-state index in [0.29, 0.717) is 0 Å². The van der Waals surface area contributed by atoms with Crippen LogP contribution < -0.4 is 5.32 Å². The van der Waals surface area contributed by atoms with Gasteiger partial charge in [0.2, 0.25) is 0 Å². The van der Waals surface area contributed by atoms with Crippen LogP contribution in [0, 0.1) is 0 Å². The van der Waals surface area contributed by atoms with Crippen molar-refractivity contribution in [1.29, 1.82) is 0 Å². The first kappa shape index (κ1) is 3.50. The number of quaternary nitrogens is 1. The summed E-state index contributed by atoms with van der Waals surface area (Å²) in [4.78, 5) is 0. The molecule has 0 radical (unpaired) electrons. The molecule has 0 amide bonds. The van der Waals surface area contributed by atoms with Crippen LogP contribution in [0.3, 0.4) is 0 Å². The zero-order valence-corrected chi connectivity index (χ0v) is 3.92. The SMILES string of the molecule is C1CSC[NH2+]1. The summed E-state index contributed by atoms with van der Waals surface area (Å²) < 4.78 is 0. The lowest BCUT2D eigenvalue weighted by Crippen LogP contribution is -2.80. The first-order chi connectivity index (χ1) is 2.50. The fourth-order valence-electron chi connectivity index (χ4n) is 0.417. The molecule has 1 nitrogen and oxygen atoms in total. The lowest BCUT2D eigenvalue weighted by Gasteiger charge is -1.72. The Kier molecular flexibility index (Phi) is 1.17. The molecule has 1 fully saturated rings. The van der Waals surface area contributed by atoms with E-state index in [9.17, 15) is 0 Å². The smallest absolute Gasteiger partial charge is 0.122 e. The number of rotatable bonds is 0. The normalized spacial score (nSPS) is 24.0. The minimum absolute atomic E-state index is 1.29. The summed E-state index contributed by atoms with van der Waals surface area (Å²) >= 11 is 2.02. The monoisotopic (exact) mass is 90.0 g/mol. The van der Waals surface area contributed by atoms with Crippen LogP contribution in [0.5, 0.6) is 0 Å². The third-order valence-corrected chi connectivity index (χ3v) is 1.70. The average Bonchev–Trinajstić information content (AvgIpc) is 1.76. The van der Waals surface area contributed by atoms with Gasteiger partial charge in [-0.15, -0.1) is 0 Å². The highest BCUT2D eigenvalue weighted by Gasteiger charge is 1.98. The van der Waals surface area contributed by atoms with E-state index in [-0.39, 0.29) is 0 Å². The highest BCUT2D eigenvalue weighted by atomic mass is 32.2. The Morgan fingerprint density at radius 1 is 1.60 bits per heavy atom. The molecule has 30 valence electrons. The maximum atomic E-state index is 2.32. The molecule has 0 aromatic carbocycles. The van der Waals surface area contributed by atoms with Gasteiger partial charge in [0.05, 0.1) is 6.54 Å². The summed E-state index contributed by atoms with van der Waals surface area (Å²) in [6, 6.07) is 0. The van der Waals surface area contributed by atoms with Gasteiger partial charge in [0, 0.05) is 5.75 Å². The molecule has 0 spiro atoms. The number of hydrogen-bond acceptors (Lipinski definition) is 1. The van der Waals surface area contributed by atoms with Crippen molar-refractivity contribution >= 4 is 11.8 Å². The molecule has 1 saturated heterocycles. The molecular formula is C3H8NS+. The van der Waals surface area contributed by atoms with Gasteiger partial charge < -0.3 is 5.32 Å². The predicted octanol–water partition coefficient (Wildman–Crippen LogP) is -0.746. The van der Waals surface area contributed by atoms with Gasteiger partial charge >= 0.3 is 0 Å². The van der Waals surface area contributed by atoms with Crippen LogP contribution >= 0.6 is 11.8 Å². The minimum atomic E-state index is 1.29. The molecule has 2 N–H and O–H groups in total. The quantitative estimate of drug-likeness (QED) is 0.414. The van der Waals surface area contributed by atoms with Crippen LogP contribution in [0.1, 0.15) is 0 Å². The molecular weight excluding hydrogens is 82.1 g/mol. The summed E-state index contributed by atoms with van der Waals surface area (Å²) in [6.45, 7) is 1.34. The van der Waals surface area contributed by atoms with E-state index in [1.165, 1.54) is 18.2 Å². The third-order valence-electron chi connectivity index (χ3n) is 0.702. The molecule has 2 heteroatoms. The zero-order valence-electron chi connectivity index (χ0n) is 3.11. The summed E-state index contributed by atoms with van der Waals surface area (Å²) in [7, 11) is 0. The van der Waals surface area contributed by atoms with Gasteiger partial charge in [-0.1, -0.05) is 11.8 Å². The van der Waals surface area contributed by atoms with E-state index in [0.717, 1.165) is 0 Å². The topological polar surface area (TPSA) is 16.6 Å². The standard InChI is InChI=1S/C3H7NS/c1-2-5-3-4-1/h4H,1-3H2/p+1. The Morgan fingerprint density at radius 3 is 2.80 bits per heavy atom. The lowest BCUT2D eigenvalue weighted by atomic mass is 10.8. The molecule has 0 atom stereocenters. The van der Waals surface area contributed by atoms with Crippen LogP contribution in [0.25, 0.3) is 0 Å². The van der Waals surface area contributed by atoms with E-state index in [1.807, 2.05) is 11.8 Å². The van der Waals surface area contributed by atoms with E-state index in [1.54, 1.807) is 0 Å². The van der Waals surface area contributed by atoms with Crippen molar-refractivity contribution < 1.29 is 5.32 Å². The van der Waals surface area contributed by atoms with Gasteiger partial charge in [-0.05, 0) is 0 Å². The second kappa shape index (κ2) is 1.67. The Bertz CT molecular complexity index is 18.5. The minimum Gasteiger partial charge on any atom is -0.337 e. The van der Waals surface area contributed by atoms with Crippen LogP contribution in [-0.4, -0.2) is 18.2 Å². The molecule has 1 heterocycles. The maximum absolute atomic E-state index is 2.32. The van der Waals surface area contributed by atoms with E-state index in [4.69, 9.17) is 0 Å². The summed E-state index contributed by atoms with van der Waals surface area (Å²) in [5, 5.41) is 2.32. The van der Waals surface area contributed by atoms with Gasteiger partial charge in [-0.25, -0.2) is 0 Å². The number of hydrogen-bond donors (Lipinski definition) is 1. The molecule has 1 rings (SSSR count). The fourth-order valence-corrected chi connectivity index (χ4v) is 1.25. The molecule has 5 heavy (non-hydrogen) atoms. The van der Waals surface area contributed by atoms with Gasteiger partial charge in [0.1, 0.15) is 5.88 Å². The maximum Gasteiger partial charge on any atom is 0.122 e. The Balaban J connectivity index is 2.08. The molecule has 0 aliphatic carbocycles. The third kappa shape index (κ3) is 0.816. The van der Waals surface area contributed by atoms with E-state index < -0.39 is 0 Å². The number of nitrogens with two attached hydrogens (primary N) is 1. The highest BCUT2D eigenvalue weighted by molar-refractivity contribution is 7.99. The molecule has 0 aromatic rings. The Labute approximate surface area is 36.1 Å². The largest absolute Gasteiger partial charge is 0.337 e. The molecule has 1 aliphatic heterocycles. The van der Waals surface area contributed by atoms with Gasteiger partial charge in [0.15, 0.2) is 0 Å². The predicted molar refractivity (Wildman–Crippen MR) is 24.1 cm³/mol. The van der Waals surface area contributed by atoms with Crippen molar-refractivity contribution in [3.63, 3.8) is 0 Å². The Hall–Kier alpha value is 0.310. The van der Waals surface area contributed by atoms with Gasteiger partial charge in [0.25, 0.3) is 0 Å². The summed E-state index contributed by atoms with van der Waals surface area (Å²) in [6.07, 6.45) is 0. The zero-order chi connectivity index (χ0) is 3.54. The molecule has 0 unspecified atom stereocenters. The highest BCUT2D eigenvalue weighted by Crippen LogP contribution is 1.93. The molecule has 0 saturated carbocycles. The van der Waals surface area contributed by atoms with Crippen molar-refractivity contribution in [3.8, 4) is 0 Å². The van der Waals surface area contributed by atoms with E-state index in [2.05, 4.69) is 5.32 Å². The van der Waals surface area contributed by atoms with Crippen molar-refractivity contribution in [3.05, 3.63) is 0 Å². The lowest BCUT2D eigenvalue weighted by molar-refractivity contribution is -0.625. The van der Waals surface area contributed by atoms with Crippen molar-refractivity contribution in [1.82, 2.24) is 0 Å². The van der Waals surface area contributed by atoms with Crippen LogP contribution in [0.4, 0.5) is 0 Å². The van der Waals surface area contributed by atoms with Gasteiger partial charge in [-0.2, -0.15) is 0 Å². The molecule has 1 aliphatic rings.